The number of ether oxygens (including phenoxy) is 2. The lowest BCUT2D eigenvalue weighted by atomic mass is 10.0. The van der Waals surface area contributed by atoms with E-state index in [9.17, 15) is 10.2 Å². The Labute approximate surface area is 141 Å². The summed E-state index contributed by atoms with van der Waals surface area (Å²) < 4.78 is 10.8. The molecule has 5 heteroatoms. The van der Waals surface area contributed by atoms with Gasteiger partial charge in [0, 0.05) is 6.61 Å². The van der Waals surface area contributed by atoms with Gasteiger partial charge in [0.1, 0.15) is 24.4 Å². The number of hydrogen-bond acceptors (Lipinski definition) is 5. The van der Waals surface area contributed by atoms with Gasteiger partial charge in [-0.25, -0.2) is 0 Å². The zero-order chi connectivity index (χ0) is 16.9. The van der Waals surface area contributed by atoms with Crippen LogP contribution in [0.1, 0.15) is 71.1 Å². The summed E-state index contributed by atoms with van der Waals surface area (Å²) in [4.78, 5) is 0. The SMILES string of the molecule is CCCCCCCCCCCCO[C@@H]1[C@@H](O)[C@H](CO)OC[C@H]1O. The van der Waals surface area contributed by atoms with Crippen LogP contribution in [0.15, 0.2) is 0 Å². The highest BCUT2D eigenvalue weighted by Gasteiger charge is 2.38. The number of hydrogen-bond donors (Lipinski definition) is 3. The standard InChI is InChI=1S/C18H36O5/c1-2-3-4-5-6-7-8-9-10-11-12-22-18-15(20)14-23-16(13-19)17(18)21/h15-21H,2-14H2,1H3/t15-,16+,17+,18+/m1/s1. The molecule has 1 aliphatic rings. The number of unbranched alkanes of at least 4 members (excludes halogenated alkanes) is 9. The molecule has 0 aromatic rings. The average molecular weight is 332 g/mol. The maximum atomic E-state index is 9.99. The van der Waals surface area contributed by atoms with Crippen LogP contribution in [-0.2, 0) is 9.47 Å². The molecule has 0 aliphatic carbocycles. The molecule has 0 aromatic heterocycles. The van der Waals surface area contributed by atoms with Crippen LogP contribution in [0.25, 0.3) is 0 Å². The summed E-state index contributed by atoms with van der Waals surface area (Å²) in [6.07, 6.45) is 9.52. The van der Waals surface area contributed by atoms with Crippen LogP contribution in [0, 0.1) is 0 Å². The number of aliphatic hydroxyl groups is 3. The molecule has 0 unspecified atom stereocenters. The van der Waals surface area contributed by atoms with E-state index in [1.165, 1.54) is 51.4 Å². The van der Waals surface area contributed by atoms with Gasteiger partial charge < -0.3 is 24.8 Å². The van der Waals surface area contributed by atoms with Crippen LogP contribution in [0.2, 0.25) is 0 Å². The van der Waals surface area contributed by atoms with Gasteiger partial charge in [0.2, 0.25) is 0 Å². The molecule has 1 aliphatic heterocycles. The fraction of sp³-hybridized carbons (Fsp3) is 1.00. The molecule has 5 nitrogen and oxygen atoms in total. The molecule has 1 rings (SSSR count). The van der Waals surface area contributed by atoms with E-state index in [0.29, 0.717) is 6.61 Å². The highest BCUT2D eigenvalue weighted by Crippen LogP contribution is 2.19. The van der Waals surface area contributed by atoms with Gasteiger partial charge in [0.25, 0.3) is 0 Å². The first-order valence-electron chi connectivity index (χ1n) is 9.40. The topological polar surface area (TPSA) is 79.2 Å². The second kappa shape index (κ2) is 13.1. The summed E-state index contributed by atoms with van der Waals surface area (Å²) in [7, 11) is 0. The lowest BCUT2D eigenvalue weighted by Gasteiger charge is -2.37. The molecule has 23 heavy (non-hydrogen) atoms. The van der Waals surface area contributed by atoms with Crippen molar-refractivity contribution in [3.05, 3.63) is 0 Å². The van der Waals surface area contributed by atoms with E-state index in [1.807, 2.05) is 0 Å². The van der Waals surface area contributed by atoms with E-state index in [2.05, 4.69) is 6.92 Å². The van der Waals surface area contributed by atoms with Gasteiger partial charge in [0.15, 0.2) is 0 Å². The predicted octanol–water partition coefficient (Wildman–Crippen LogP) is 2.41. The van der Waals surface area contributed by atoms with Gasteiger partial charge >= 0.3 is 0 Å². The van der Waals surface area contributed by atoms with Crippen LogP contribution in [0.5, 0.6) is 0 Å². The maximum Gasteiger partial charge on any atom is 0.114 e. The van der Waals surface area contributed by atoms with E-state index < -0.39 is 24.4 Å². The zero-order valence-electron chi connectivity index (χ0n) is 14.7. The molecule has 1 saturated heterocycles. The monoisotopic (exact) mass is 332 g/mol. The summed E-state index contributed by atoms with van der Waals surface area (Å²) in [6, 6.07) is 0. The largest absolute Gasteiger partial charge is 0.394 e. The van der Waals surface area contributed by atoms with Gasteiger partial charge in [-0.15, -0.1) is 0 Å². The maximum absolute atomic E-state index is 9.99. The Morgan fingerprint density at radius 3 is 2.04 bits per heavy atom. The third kappa shape index (κ3) is 8.45. The summed E-state index contributed by atoms with van der Waals surface area (Å²) in [5.41, 5.74) is 0. The highest BCUT2D eigenvalue weighted by atomic mass is 16.6. The van der Waals surface area contributed by atoms with Crippen LogP contribution >= 0.6 is 0 Å². The van der Waals surface area contributed by atoms with E-state index in [0.717, 1.165) is 12.8 Å². The number of aliphatic hydroxyl groups excluding tert-OH is 3. The molecule has 1 heterocycles. The summed E-state index contributed by atoms with van der Waals surface area (Å²) in [5.74, 6) is 0. The molecule has 0 radical (unpaired) electrons. The molecule has 138 valence electrons. The Hall–Kier alpha value is -0.200. The molecule has 3 N–H and O–H groups in total. The van der Waals surface area contributed by atoms with Crippen molar-refractivity contribution in [1.29, 1.82) is 0 Å². The first-order chi connectivity index (χ1) is 11.2. The molecule has 0 amide bonds. The Bertz CT molecular complexity index is 274. The Morgan fingerprint density at radius 1 is 0.913 bits per heavy atom. The molecular weight excluding hydrogens is 296 g/mol. The predicted molar refractivity (Wildman–Crippen MR) is 90.4 cm³/mol. The van der Waals surface area contributed by atoms with Crippen molar-refractivity contribution in [2.45, 2.75) is 95.5 Å². The van der Waals surface area contributed by atoms with Crippen LogP contribution < -0.4 is 0 Å². The Balaban J connectivity index is 1.97. The van der Waals surface area contributed by atoms with Crippen molar-refractivity contribution in [3.8, 4) is 0 Å². The second-order valence-electron chi connectivity index (χ2n) is 6.63. The average Bonchev–Trinajstić information content (AvgIpc) is 2.55. The minimum atomic E-state index is -0.966. The molecular formula is C18H36O5. The van der Waals surface area contributed by atoms with Crippen molar-refractivity contribution in [3.63, 3.8) is 0 Å². The van der Waals surface area contributed by atoms with Crippen molar-refractivity contribution in [2.24, 2.45) is 0 Å². The van der Waals surface area contributed by atoms with Gasteiger partial charge in [-0.1, -0.05) is 64.7 Å². The molecule has 4 atom stereocenters. The van der Waals surface area contributed by atoms with Crippen molar-refractivity contribution in [1.82, 2.24) is 0 Å². The molecule has 0 bridgehead atoms. The fourth-order valence-corrected chi connectivity index (χ4v) is 3.03. The van der Waals surface area contributed by atoms with E-state index >= 15 is 0 Å². The zero-order valence-corrected chi connectivity index (χ0v) is 14.7. The van der Waals surface area contributed by atoms with Crippen molar-refractivity contribution in [2.75, 3.05) is 19.8 Å². The third-order valence-electron chi connectivity index (χ3n) is 4.57. The summed E-state index contributed by atoms with van der Waals surface area (Å²) >= 11 is 0. The van der Waals surface area contributed by atoms with Crippen molar-refractivity contribution < 1.29 is 24.8 Å². The quantitative estimate of drug-likeness (QED) is 0.451. The van der Waals surface area contributed by atoms with Crippen molar-refractivity contribution >= 4 is 0 Å². The minimum Gasteiger partial charge on any atom is -0.394 e. The van der Waals surface area contributed by atoms with E-state index in [-0.39, 0.29) is 13.2 Å². The van der Waals surface area contributed by atoms with Crippen LogP contribution in [-0.4, -0.2) is 59.6 Å². The lowest BCUT2D eigenvalue weighted by molar-refractivity contribution is -0.210. The summed E-state index contributed by atoms with van der Waals surface area (Å²) in [6.45, 7) is 2.62. The third-order valence-corrected chi connectivity index (χ3v) is 4.57. The molecule has 1 fully saturated rings. The number of rotatable bonds is 13. The van der Waals surface area contributed by atoms with Gasteiger partial charge in [-0.3, -0.25) is 0 Å². The highest BCUT2D eigenvalue weighted by molar-refractivity contribution is 4.87. The van der Waals surface area contributed by atoms with Crippen LogP contribution in [0.4, 0.5) is 0 Å². The molecule has 0 spiro atoms. The first kappa shape index (κ1) is 20.8. The normalized spacial score (nSPS) is 28.2. The fourth-order valence-electron chi connectivity index (χ4n) is 3.03. The second-order valence-corrected chi connectivity index (χ2v) is 6.63. The summed E-state index contributed by atoms with van der Waals surface area (Å²) in [5, 5.41) is 28.9. The van der Waals surface area contributed by atoms with E-state index in [1.54, 1.807) is 0 Å². The Kier molecular flexibility index (Phi) is 11.9. The lowest BCUT2D eigenvalue weighted by Crippen LogP contribution is -2.55. The van der Waals surface area contributed by atoms with Gasteiger partial charge in [0.05, 0.1) is 13.2 Å². The first-order valence-corrected chi connectivity index (χ1v) is 9.40. The van der Waals surface area contributed by atoms with Crippen LogP contribution in [0.3, 0.4) is 0 Å². The van der Waals surface area contributed by atoms with Gasteiger partial charge in [-0.2, -0.15) is 0 Å². The Morgan fingerprint density at radius 2 is 1.48 bits per heavy atom. The minimum absolute atomic E-state index is 0.102. The smallest absolute Gasteiger partial charge is 0.114 e. The molecule has 0 saturated carbocycles. The van der Waals surface area contributed by atoms with Gasteiger partial charge in [-0.05, 0) is 6.42 Å². The molecule has 0 aromatic carbocycles. The van der Waals surface area contributed by atoms with E-state index in [4.69, 9.17) is 14.6 Å².